The van der Waals surface area contributed by atoms with Gasteiger partial charge in [0, 0.05) is 55.7 Å². The van der Waals surface area contributed by atoms with Gasteiger partial charge in [0.2, 0.25) is 0 Å². The standard InChI is InChI=1S/C18H18O6.C11H12O6.C7H10O2.C6H6O4.C6H8O2/c1-21-13-9-14(17(19)22-2)16(18(20)23-3)15(10-13)24-11-12-7-5-4-6-8-12;1-15-6-4-7(10(13)16-2)9(8(12)5-6)11(14)17-3;1-9-7-4-2-3-6(8)5-7;1-9-5(7)3-4-6(8)10-2;7-5-2-1-3-6(8)4-5/h4-10H,11H2,1-3H3;4-5,12H,1-3H3;5H,2-4H2,1H3;1-2H3;1-4H2. The summed E-state index contributed by atoms with van der Waals surface area (Å²) in [6.45, 7) is 0.221. The van der Waals surface area contributed by atoms with E-state index >= 15 is 0 Å². The summed E-state index contributed by atoms with van der Waals surface area (Å²) >= 11 is 0. The number of allylic oxidation sites excluding steroid dienone is 2. The molecule has 20 heteroatoms. The molecule has 20 nitrogen and oxygen atoms in total. The van der Waals surface area contributed by atoms with Crippen molar-refractivity contribution in [1.82, 2.24) is 0 Å². The molecule has 3 aromatic carbocycles. The van der Waals surface area contributed by atoms with Gasteiger partial charge >= 0.3 is 35.8 Å². The number of esters is 6. The molecule has 0 bridgehead atoms. The van der Waals surface area contributed by atoms with E-state index < -0.39 is 41.6 Å². The van der Waals surface area contributed by atoms with E-state index in [9.17, 15) is 48.3 Å². The number of carbonyl (C=O) groups excluding carboxylic acids is 9. The van der Waals surface area contributed by atoms with Gasteiger partial charge in [-0.2, -0.15) is 0 Å². The Bertz CT molecular complexity index is 2300. The number of aromatic hydroxyl groups is 1. The van der Waals surface area contributed by atoms with Crippen LogP contribution in [0.5, 0.6) is 23.0 Å². The Hall–Kier alpha value is -8.21. The Kier molecular flexibility index (Phi) is 26.9. The minimum absolute atomic E-state index is 0.00100. The first-order chi connectivity index (χ1) is 32.5. The lowest BCUT2D eigenvalue weighted by Crippen LogP contribution is -2.14. The number of phenols is 1. The van der Waals surface area contributed by atoms with E-state index in [0.29, 0.717) is 25.0 Å². The molecule has 0 amide bonds. The van der Waals surface area contributed by atoms with E-state index in [1.807, 2.05) is 42.2 Å². The predicted molar refractivity (Wildman–Crippen MR) is 238 cm³/mol. The van der Waals surface area contributed by atoms with E-state index in [1.54, 1.807) is 13.2 Å². The van der Waals surface area contributed by atoms with Gasteiger partial charge in [0.15, 0.2) is 5.78 Å². The number of methoxy groups -OCH3 is 9. The quantitative estimate of drug-likeness (QED) is 0.0908. The smallest absolute Gasteiger partial charge is 0.384 e. The lowest BCUT2D eigenvalue weighted by atomic mass is 9.98. The minimum Gasteiger partial charge on any atom is -0.507 e. The molecule has 0 unspecified atom stereocenters. The molecule has 1 N–H and O–H groups in total. The average molecular weight is 951 g/mol. The van der Waals surface area contributed by atoms with Crippen molar-refractivity contribution >= 4 is 53.2 Å². The zero-order valence-corrected chi connectivity index (χ0v) is 39.1. The molecule has 2 aliphatic carbocycles. The molecule has 0 aromatic heterocycles. The van der Waals surface area contributed by atoms with Crippen LogP contribution in [0.4, 0.5) is 0 Å². The molecule has 0 heterocycles. The first-order valence-electron chi connectivity index (χ1n) is 20.1. The third-order valence-corrected chi connectivity index (χ3v) is 8.84. The summed E-state index contributed by atoms with van der Waals surface area (Å²) in [6, 6.07) is 14.9. The molecule has 0 aliphatic heterocycles. The second-order valence-corrected chi connectivity index (χ2v) is 13.3. The number of hydrogen-bond donors (Lipinski definition) is 1. The van der Waals surface area contributed by atoms with E-state index in [-0.39, 0.29) is 64.1 Å². The first kappa shape index (κ1) is 57.8. The van der Waals surface area contributed by atoms with Crippen molar-refractivity contribution < 1.29 is 95.6 Å². The molecule has 1 fully saturated rings. The third-order valence-electron chi connectivity index (χ3n) is 8.84. The van der Waals surface area contributed by atoms with Gasteiger partial charge in [-0.15, -0.1) is 0 Å². The second-order valence-electron chi connectivity index (χ2n) is 13.3. The minimum atomic E-state index is -0.828. The maximum Gasteiger partial charge on any atom is 0.384 e. The molecule has 0 spiro atoms. The number of phenolic OH excluding ortho intramolecular Hbond substituents is 1. The summed E-state index contributed by atoms with van der Waals surface area (Å²) in [5.41, 5.74) is 0.569. The van der Waals surface area contributed by atoms with Crippen LogP contribution in [-0.2, 0) is 63.7 Å². The fraction of sp³-hybridized carbons (Fsp3) is 0.354. The van der Waals surface area contributed by atoms with Crippen molar-refractivity contribution in [3.8, 4) is 34.8 Å². The van der Waals surface area contributed by atoms with Crippen LogP contribution in [0.3, 0.4) is 0 Å². The summed E-state index contributed by atoms with van der Waals surface area (Å²) in [6.07, 6.45) is 6.34. The highest BCUT2D eigenvalue weighted by Crippen LogP contribution is 2.31. The van der Waals surface area contributed by atoms with Crippen LogP contribution in [0.1, 0.15) is 91.9 Å². The van der Waals surface area contributed by atoms with Gasteiger partial charge in [-0.25, -0.2) is 28.8 Å². The van der Waals surface area contributed by atoms with Gasteiger partial charge < -0.3 is 52.5 Å². The van der Waals surface area contributed by atoms with Crippen molar-refractivity contribution in [2.45, 2.75) is 51.6 Å². The first-order valence-corrected chi connectivity index (χ1v) is 20.1. The molecule has 68 heavy (non-hydrogen) atoms. The Balaban J connectivity index is 0.000000456. The molecule has 0 saturated heterocycles. The van der Waals surface area contributed by atoms with Gasteiger partial charge in [0.05, 0.1) is 87.3 Å². The van der Waals surface area contributed by atoms with Crippen LogP contribution >= 0.6 is 0 Å². The predicted octanol–water partition coefficient (Wildman–Crippen LogP) is 5.13. The Morgan fingerprint density at radius 2 is 1.01 bits per heavy atom. The van der Waals surface area contributed by atoms with Crippen molar-refractivity contribution in [2.75, 3.05) is 64.0 Å². The SMILES string of the molecule is COC(=O)C#CC(=O)OC.COC(=O)c1cc(OC)cc(O)c1C(=O)OC.COC(=O)c1cc(OC)cc(OCc2ccccc2)c1C(=O)OC.COC1=CC(=O)CCC1.O=C1CCCC(=O)C1. The zero-order valence-electron chi connectivity index (χ0n) is 39.1. The maximum absolute atomic E-state index is 12.1. The lowest BCUT2D eigenvalue weighted by molar-refractivity contribution is -0.135. The van der Waals surface area contributed by atoms with Crippen molar-refractivity contribution in [2.24, 2.45) is 0 Å². The molecule has 3 aromatic rings. The topological polar surface area (TPSA) is 266 Å². The summed E-state index contributed by atoms with van der Waals surface area (Å²) < 4.78 is 47.4. The number of Topliss-reactive ketones (excluding diaryl/α,β-unsaturated/α-hetero) is 2. The molecular weight excluding hydrogens is 897 g/mol. The third kappa shape index (κ3) is 20.3. The maximum atomic E-state index is 12.1. The molecule has 0 radical (unpaired) electrons. The highest BCUT2D eigenvalue weighted by molar-refractivity contribution is 6.06. The van der Waals surface area contributed by atoms with E-state index in [2.05, 4.69) is 18.9 Å². The summed E-state index contributed by atoms with van der Waals surface area (Å²) in [7, 11) is 11.5. The monoisotopic (exact) mass is 950 g/mol. The van der Waals surface area contributed by atoms with Crippen molar-refractivity contribution in [3.05, 3.63) is 94.2 Å². The second kappa shape index (κ2) is 31.6. The molecule has 5 rings (SSSR count). The van der Waals surface area contributed by atoms with Crippen molar-refractivity contribution in [1.29, 1.82) is 0 Å². The fourth-order valence-corrected chi connectivity index (χ4v) is 5.45. The molecule has 0 atom stereocenters. The summed E-state index contributed by atoms with van der Waals surface area (Å²) in [5, 5.41) is 9.66. The van der Waals surface area contributed by atoms with Gasteiger partial charge in [0.1, 0.15) is 52.3 Å². The zero-order chi connectivity index (χ0) is 51.2. The Labute approximate surface area is 392 Å². The lowest BCUT2D eigenvalue weighted by Gasteiger charge is -2.15. The molecule has 2 aliphatic rings. The van der Waals surface area contributed by atoms with Crippen LogP contribution in [0.2, 0.25) is 0 Å². The Morgan fingerprint density at radius 1 is 0.544 bits per heavy atom. The van der Waals surface area contributed by atoms with Crippen LogP contribution in [0.25, 0.3) is 0 Å². The van der Waals surface area contributed by atoms with E-state index in [0.717, 1.165) is 37.7 Å². The van der Waals surface area contributed by atoms with Gasteiger partial charge in [-0.3, -0.25) is 14.4 Å². The van der Waals surface area contributed by atoms with Gasteiger partial charge in [-0.05, 0) is 30.5 Å². The van der Waals surface area contributed by atoms with Gasteiger partial charge in [-0.1, -0.05) is 30.3 Å². The molecular formula is C48H54O20. The molecule has 366 valence electrons. The van der Waals surface area contributed by atoms with Crippen LogP contribution in [0.15, 0.2) is 66.4 Å². The normalized spacial score (nSPS) is 12.0. The number of hydrogen-bond acceptors (Lipinski definition) is 20. The van der Waals surface area contributed by atoms with Crippen LogP contribution < -0.4 is 14.2 Å². The van der Waals surface area contributed by atoms with Crippen LogP contribution in [-0.4, -0.2) is 122 Å². The van der Waals surface area contributed by atoms with Crippen LogP contribution in [0, 0.1) is 11.8 Å². The number of carbonyl (C=O) groups is 9. The number of ether oxygens (including phenoxy) is 10. The number of rotatable bonds is 10. The number of ketones is 3. The van der Waals surface area contributed by atoms with E-state index in [1.165, 1.54) is 74.0 Å². The highest BCUT2D eigenvalue weighted by atomic mass is 16.5. The molecule has 1 saturated carbocycles. The van der Waals surface area contributed by atoms with Gasteiger partial charge in [0.25, 0.3) is 0 Å². The fourth-order valence-electron chi connectivity index (χ4n) is 5.45. The number of benzene rings is 3. The average Bonchev–Trinajstić information content (AvgIpc) is 3.36. The van der Waals surface area contributed by atoms with Crippen molar-refractivity contribution in [3.63, 3.8) is 0 Å². The van der Waals surface area contributed by atoms with E-state index in [4.69, 9.17) is 28.4 Å². The summed E-state index contributed by atoms with van der Waals surface area (Å²) in [5.74, 6) is 0.930. The Morgan fingerprint density at radius 3 is 1.43 bits per heavy atom. The highest BCUT2D eigenvalue weighted by Gasteiger charge is 2.26. The summed E-state index contributed by atoms with van der Waals surface area (Å²) in [4.78, 5) is 99.1. The largest absolute Gasteiger partial charge is 0.507 e.